The van der Waals surface area contributed by atoms with Crippen LogP contribution in [-0.2, 0) is 0 Å². The van der Waals surface area contributed by atoms with Gasteiger partial charge in [0.2, 0.25) is 0 Å². The lowest BCUT2D eigenvalue weighted by molar-refractivity contribution is 0.627. The Morgan fingerprint density at radius 3 is 2.67 bits per heavy atom. The largest absolute Gasteiger partial charge is 0.207 e. The summed E-state index contributed by atoms with van der Waals surface area (Å²) in [6.45, 7) is 0. The summed E-state index contributed by atoms with van der Waals surface area (Å²) >= 11 is -0.197. The quantitative estimate of drug-likeness (QED) is 0.657. The second kappa shape index (κ2) is 3.06. The van der Waals surface area contributed by atoms with E-state index in [0.717, 1.165) is 3.57 Å². The minimum atomic E-state index is -0.197. The van der Waals surface area contributed by atoms with Crippen molar-refractivity contribution in [2.75, 3.05) is 0 Å². The van der Waals surface area contributed by atoms with Crippen LogP contribution in [-0.4, -0.2) is 4.51 Å². The van der Waals surface area contributed by atoms with E-state index in [1.165, 1.54) is 6.07 Å². The van der Waals surface area contributed by atoms with Gasteiger partial charge in [0.05, 0.1) is 0 Å². The predicted octanol–water partition coefficient (Wildman–Crippen LogP) is 2.40. The highest BCUT2D eigenvalue weighted by atomic mass is 127. The molecule has 48 valence electrons. The lowest BCUT2D eigenvalue weighted by Gasteiger charge is -1.88. The van der Waals surface area contributed by atoms with Gasteiger partial charge in [-0.1, -0.05) is 31.3 Å². The Labute approximate surface area is 63.5 Å². The molecule has 9 heavy (non-hydrogen) atoms. The topological polar surface area (TPSA) is 0 Å². The molecule has 1 aromatic carbocycles. The van der Waals surface area contributed by atoms with Crippen molar-refractivity contribution in [2.45, 2.75) is 0 Å². The fourth-order valence-electron chi connectivity index (χ4n) is 0.543. The zero-order chi connectivity index (χ0) is 6.69. The fourth-order valence-corrected chi connectivity index (χ4v) is 1.52. The van der Waals surface area contributed by atoms with Gasteiger partial charge in [0.15, 0.2) is 0 Å². The zero-order valence-electron chi connectivity index (χ0n) is 4.77. The molecular weight excluding hydrogens is 230 g/mol. The Morgan fingerprint density at radius 2 is 2.22 bits per heavy atom. The highest BCUT2D eigenvalue weighted by Crippen LogP contribution is 2.09. The number of benzene rings is 1. The van der Waals surface area contributed by atoms with Crippen molar-refractivity contribution in [1.29, 1.82) is 0 Å². The molecule has 0 spiro atoms. The molecule has 0 N–H and O–H groups in total. The molecule has 0 atom stereocenters. The maximum Gasteiger partial charge on any atom is 0.124 e. The van der Waals surface area contributed by atoms with Crippen molar-refractivity contribution >= 4 is 25.2 Å². The first-order chi connectivity index (χ1) is 4.33. The van der Waals surface area contributed by atoms with Crippen LogP contribution in [0.25, 0.3) is 0 Å². The van der Waals surface area contributed by atoms with Crippen molar-refractivity contribution in [3.8, 4) is 0 Å². The van der Waals surface area contributed by atoms with Gasteiger partial charge in [-0.2, -0.15) is 0 Å². The third-order valence-electron chi connectivity index (χ3n) is 0.941. The van der Waals surface area contributed by atoms with Crippen LogP contribution < -0.4 is 0 Å². The van der Waals surface area contributed by atoms with E-state index in [9.17, 15) is 4.39 Å². The van der Waals surface area contributed by atoms with E-state index in [4.69, 9.17) is 0 Å². The second-order valence-electron chi connectivity index (χ2n) is 1.57. The van der Waals surface area contributed by atoms with E-state index in [1.54, 1.807) is 12.1 Å². The number of halogens is 2. The standard InChI is InChI=1S/C7H6FI/c1-9-7-4-2-3-6(8)5-7/h2-5H,1H2. The van der Waals surface area contributed by atoms with Gasteiger partial charge in [0.25, 0.3) is 0 Å². The first-order valence-electron chi connectivity index (χ1n) is 2.47. The van der Waals surface area contributed by atoms with Gasteiger partial charge in [-0.15, -0.1) is 0 Å². The monoisotopic (exact) mass is 236 g/mol. The third-order valence-corrected chi connectivity index (χ3v) is 2.49. The third kappa shape index (κ3) is 1.86. The van der Waals surface area contributed by atoms with E-state index in [2.05, 4.69) is 4.51 Å². The molecule has 0 fully saturated rings. The van der Waals surface area contributed by atoms with Gasteiger partial charge in [-0.3, -0.25) is 0 Å². The summed E-state index contributed by atoms with van der Waals surface area (Å²) in [7, 11) is 0. The summed E-state index contributed by atoms with van der Waals surface area (Å²) < 4.78 is 17.1. The molecule has 0 saturated carbocycles. The molecule has 2 heteroatoms. The molecular formula is C7H6FI. The highest BCUT2D eigenvalue weighted by Gasteiger charge is 1.87. The van der Waals surface area contributed by atoms with Crippen molar-refractivity contribution in [3.05, 3.63) is 33.7 Å². The summed E-state index contributed by atoms with van der Waals surface area (Å²) in [4.78, 5) is 0. The van der Waals surface area contributed by atoms with Gasteiger partial charge < -0.3 is 0 Å². The van der Waals surface area contributed by atoms with Crippen LogP contribution in [0.15, 0.2) is 24.3 Å². The summed E-state index contributed by atoms with van der Waals surface area (Å²) in [5.74, 6) is -0.157. The first-order valence-corrected chi connectivity index (χ1v) is 5.07. The molecule has 0 unspecified atom stereocenters. The molecule has 0 aliphatic heterocycles. The SMILES string of the molecule is C=Ic1cccc(F)c1. The molecule has 0 bridgehead atoms. The average Bonchev–Trinajstić information content (AvgIpc) is 1.88. The molecule has 0 radical (unpaired) electrons. The Bertz CT molecular complexity index is 220. The Kier molecular flexibility index (Phi) is 2.33. The van der Waals surface area contributed by atoms with Crippen LogP contribution in [0.5, 0.6) is 0 Å². The second-order valence-corrected chi connectivity index (χ2v) is 3.58. The molecule has 0 aromatic heterocycles. The smallest absolute Gasteiger partial charge is 0.124 e. The van der Waals surface area contributed by atoms with Crippen molar-refractivity contribution in [3.63, 3.8) is 0 Å². The van der Waals surface area contributed by atoms with E-state index < -0.39 is 0 Å². The number of hydrogen-bond donors (Lipinski definition) is 0. The normalized spacial score (nSPS) is 9.44. The van der Waals surface area contributed by atoms with E-state index >= 15 is 0 Å². The summed E-state index contributed by atoms with van der Waals surface area (Å²) in [6.07, 6.45) is 0. The Hall–Kier alpha value is -0.250. The van der Waals surface area contributed by atoms with Gasteiger partial charge >= 0.3 is 0 Å². The molecule has 1 aromatic rings. The van der Waals surface area contributed by atoms with Gasteiger partial charge in [0, 0.05) is 3.57 Å². The van der Waals surface area contributed by atoms with Crippen LogP contribution in [0.1, 0.15) is 0 Å². The zero-order valence-corrected chi connectivity index (χ0v) is 6.93. The molecule has 0 saturated heterocycles. The molecule has 1 rings (SSSR count). The maximum atomic E-state index is 12.3. The van der Waals surface area contributed by atoms with Crippen LogP contribution in [0.2, 0.25) is 0 Å². The fraction of sp³-hybridized carbons (Fsp3) is 0. The molecule has 0 heterocycles. The van der Waals surface area contributed by atoms with E-state index in [-0.39, 0.29) is 26.5 Å². The van der Waals surface area contributed by atoms with Crippen LogP contribution >= 0.6 is 20.7 Å². The number of hydrogen-bond acceptors (Lipinski definition) is 0. The lowest BCUT2D eigenvalue weighted by atomic mass is 10.4. The van der Waals surface area contributed by atoms with Crippen LogP contribution in [0.3, 0.4) is 0 Å². The predicted molar refractivity (Wildman–Crippen MR) is 46.2 cm³/mol. The molecule has 0 amide bonds. The van der Waals surface area contributed by atoms with Gasteiger partial charge in [-0.25, -0.2) is 4.39 Å². The van der Waals surface area contributed by atoms with Crippen LogP contribution in [0.4, 0.5) is 4.39 Å². The van der Waals surface area contributed by atoms with E-state index in [0.29, 0.717) is 0 Å². The minimum Gasteiger partial charge on any atom is -0.207 e. The molecule has 0 aliphatic rings. The Morgan fingerprint density at radius 1 is 1.44 bits per heavy atom. The Balaban J connectivity index is 3.07. The van der Waals surface area contributed by atoms with Gasteiger partial charge in [0.1, 0.15) is 5.82 Å². The maximum absolute atomic E-state index is 12.3. The molecule has 0 nitrogen and oxygen atoms in total. The van der Waals surface area contributed by atoms with Crippen molar-refractivity contribution in [1.82, 2.24) is 0 Å². The summed E-state index contributed by atoms with van der Waals surface area (Å²) in [5.41, 5.74) is 0. The summed E-state index contributed by atoms with van der Waals surface area (Å²) in [6, 6.07) is 6.61. The minimum absolute atomic E-state index is 0.157. The van der Waals surface area contributed by atoms with Crippen molar-refractivity contribution in [2.24, 2.45) is 0 Å². The summed E-state index contributed by atoms with van der Waals surface area (Å²) in [5, 5.41) is 0. The lowest BCUT2D eigenvalue weighted by Crippen LogP contribution is -1.73. The highest BCUT2D eigenvalue weighted by molar-refractivity contribution is 14.2. The van der Waals surface area contributed by atoms with Gasteiger partial charge in [-0.05, 0) is 18.2 Å². The molecule has 0 aliphatic carbocycles. The van der Waals surface area contributed by atoms with E-state index in [1.807, 2.05) is 6.07 Å². The average molecular weight is 236 g/mol. The van der Waals surface area contributed by atoms with Crippen LogP contribution in [0, 0.1) is 9.39 Å². The first kappa shape index (κ1) is 6.86. The number of rotatable bonds is 1. The van der Waals surface area contributed by atoms with Crippen molar-refractivity contribution < 1.29 is 4.39 Å².